The summed E-state index contributed by atoms with van der Waals surface area (Å²) >= 11 is 0. The molecule has 1 rings (SSSR count). The van der Waals surface area contributed by atoms with Gasteiger partial charge in [-0.2, -0.15) is 0 Å². The second-order valence-corrected chi connectivity index (χ2v) is 5.76. The molecule has 0 aromatic heterocycles. The van der Waals surface area contributed by atoms with Crippen molar-refractivity contribution in [3.05, 3.63) is 0 Å². The molecule has 0 spiro atoms. The average molecular weight is 257 g/mol. The van der Waals surface area contributed by atoms with Gasteiger partial charge in [0.25, 0.3) is 0 Å². The number of carbonyl (C=O) groups excluding carboxylic acids is 1. The van der Waals surface area contributed by atoms with Gasteiger partial charge in [0.05, 0.1) is 17.6 Å². The first-order valence-corrected chi connectivity index (χ1v) is 7.14. The quantitative estimate of drug-likeness (QED) is 0.620. The molecule has 106 valence electrons. The molecule has 1 aliphatic rings. The molecule has 3 N–H and O–H groups in total. The smallest absolute Gasteiger partial charge is 0.222 e. The van der Waals surface area contributed by atoms with Gasteiger partial charge in [0.2, 0.25) is 5.91 Å². The van der Waals surface area contributed by atoms with Gasteiger partial charge in [0.1, 0.15) is 0 Å². The zero-order chi connectivity index (χ0) is 13.6. The Labute approximate surface area is 110 Å². The Hall–Kier alpha value is -0.610. The van der Waals surface area contributed by atoms with Crippen LogP contribution in [0.1, 0.15) is 65.2 Å². The highest BCUT2D eigenvalue weighted by molar-refractivity contribution is 5.77. The van der Waals surface area contributed by atoms with Gasteiger partial charge in [-0.1, -0.05) is 26.7 Å². The number of hydrogen-bond acceptors (Lipinski definition) is 3. The third-order valence-electron chi connectivity index (χ3n) is 3.82. The van der Waals surface area contributed by atoms with Crippen LogP contribution in [0.2, 0.25) is 0 Å². The Morgan fingerprint density at radius 3 is 2.22 bits per heavy atom. The highest BCUT2D eigenvalue weighted by Gasteiger charge is 2.35. The molecule has 4 heteroatoms. The van der Waals surface area contributed by atoms with Crippen LogP contribution in [-0.4, -0.2) is 33.9 Å². The third kappa shape index (κ3) is 4.58. The number of aliphatic hydroxyl groups is 2. The fourth-order valence-electron chi connectivity index (χ4n) is 2.62. The minimum absolute atomic E-state index is 0.144. The molecule has 0 aromatic rings. The summed E-state index contributed by atoms with van der Waals surface area (Å²) in [6.45, 7) is 4.34. The van der Waals surface area contributed by atoms with Crippen molar-refractivity contribution in [1.29, 1.82) is 0 Å². The number of carbonyl (C=O) groups is 1. The zero-order valence-corrected chi connectivity index (χ0v) is 11.7. The van der Waals surface area contributed by atoms with Gasteiger partial charge in [0, 0.05) is 6.54 Å². The van der Waals surface area contributed by atoms with E-state index in [-0.39, 0.29) is 12.3 Å². The molecule has 0 heterocycles. The molecule has 0 radical (unpaired) electrons. The molecule has 0 unspecified atom stereocenters. The molecule has 1 amide bonds. The summed E-state index contributed by atoms with van der Waals surface area (Å²) in [5, 5.41) is 23.0. The van der Waals surface area contributed by atoms with Crippen LogP contribution in [0.25, 0.3) is 0 Å². The van der Waals surface area contributed by atoms with Gasteiger partial charge < -0.3 is 15.5 Å². The summed E-state index contributed by atoms with van der Waals surface area (Å²) in [7, 11) is 0. The molecule has 0 aliphatic heterocycles. The highest BCUT2D eigenvalue weighted by Crippen LogP contribution is 2.30. The van der Waals surface area contributed by atoms with Crippen molar-refractivity contribution in [3.63, 3.8) is 0 Å². The van der Waals surface area contributed by atoms with Gasteiger partial charge in [0.15, 0.2) is 0 Å². The van der Waals surface area contributed by atoms with E-state index in [1.54, 1.807) is 0 Å². The normalized spacial score (nSPS) is 18.2. The van der Waals surface area contributed by atoms with Gasteiger partial charge in [-0.3, -0.25) is 4.79 Å². The number of amides is 1. The van der Waals surface area contributed by atoms with E-state index in [0.29, 0.717) is 19.4 Å². The van der Waals surface area contributed by atoms with Crippen molar-refractivity contribution in [2.24, 2.45) is 0 Å². The van der Waals surface area contributed by atoms with Crippen molar-refractivity contribution < 1.29 is 15.0 Å². The van der Waals surface area contributed by atoms with Crippen LogP contribution in [0.5, 0.6) is 0 Å². The maximum atomic E-state index is 11.8. The molecular formula is C14H27NO3. The van der Waals surface area contributed by atoms with Crippen LogP contribution in [-0.2, 0) is 4.79 Å². The van der Waals surface area contributed by atoms with Crippen molar-refractivity contribution in [2.45, 2.75) is 76.4 Å². The monoisotopic (exact) mass is 257 g/mol. The minimum Gasteiger partial charge on any atom is -0.389 e. The van der Waals surface area contributed by atoms with E-state index in [2.05, 4.69) is 5.32 Å². The van der Waals surface area contributed by atoms with Crippen LogP contribution in [0.4, 0.5) is 0 Å². The second-order valence-electron chi connectivity index (χ2n) is 5.76. The predicted molar refractivity (Wildman–Crippen MR) is 71.2 cm³/mol. The summed E-state index contributed by atoms with van der Waals surface area (Å²) in [4.78, 5) is 11.8. The Kier molecular flexibility index (Phi) is 5.60. The van der Waals surface area contributed by atoms with E-state index in [4.69, 9.17) is 0 Å². The van der Waals surface area contributed by atoms with Gasteiger partial charge in [-0.05, 0) is 32.1 Å². The van der Waals surface area contributed by atoms with Crippen LogP contribution in [0.3, 0.4) is 0 Å². The SMILES string of the molecule is CCCC(O)(CCC)CC(=O)NCC1(O)CCC1. The molecule has 0 atom stereocenters. The number of rotatable bonds is 8. The van der Waals surface area contributed by atoms with Crippen molar-refractivity contribution in [1.82, 2.24) is 5.32 Å². The standard InChI is InChI=1S/C14H27NO3/c1-3-6-13(17,7-4-2)10-12(16)15-11-14(18)8-5-9-14/h17-18H,3-11H2,1-2H3,(H,15,16). The fraction of sp³-hybridized carbons (Fsp3) is 0.929. The Balaban J connectivity index is 2.36. The van der Waals surface area contributed by atoms with Crippen LogP contribution in [0.15, 0.2) is 0 Å². The van der Waals surface area contributed by atoms with Gasteiger partial charge in [-0.15, -0.1) is 0 Å². The van der Waals surface area contributed by atoms with Gasteiger partial charge in [-0.25, -0.2) is 0 Å². The first-order chi connectivity index (χ1) is 8.43. The first kappa shape index (κ1) is 15.4. The summed E-state index contributed by atoms with van der Waals surface area (Å²) in [5.74, 6) is -0.153. The largest absolute Gasteiger partial charge is 0.389 e. The zero-order valence-electron chi connectivity index (χ0n) is 11.7. The Morgan fingerprint density at radius 1 is 1.28 bits per heavy atom. The highest BCUT2D eigenvalue weighted by atomic mass is 16.3. The molecule has 0 aromatic carbocycles. The number of nitrogens with one attached hydrogen (secondary N) is 1. The fourth-order valence-corrected chi connectivity index (χ4v) is 2.62. The molecular weight excluding hydrogens is 230 g/mol. The van der Waals surface area contributed by atoms with E-state index in [1.165, 1.54) is 0 Å². The maximum absolute atomic E-state index is 11.8. The lowest BCUT2D eigenvalue weighted by molar-refractivity contribution is -0.129. The molecule has 1 saturated carbocycles. The van der Waals surface area contributed by atoms with E-state index in [0.717, 1.165) is 32.1 Å². The summed E-state index contributed by atoms with van der Waals surface area (Å²) in [6, 6.07) is 0. The topological polar surface area (TPSA) is 69.6 Å². The van der Waals surface area contributed by atoms with E-state index in [9.17, 15) is 15.0 Å². The molecule has 1 fully saturated rings. The lowest BCUT2D eigenvalue weighted by atomic mass is 9.80. The predicted octanol–water partition coefficient (Wildman–Crippen LogP) is 1.74. The van der Waals surface area contributed by atoms with Crippen LogP contribution in [0, 0.1) is 0 Å². The maximum Gasteiger partial charge on any atom is 0.222 e. The second kappa shape index (κ2) is 6.53. The molecule has 1 aliphatic carbocycles. The molecule has 0 bridgehead atoms. The van der Waals surface area contributed by atoms with E-state index < -0.39 is 11.2 Å². The van der Waals surface area contributed by atoms with Crippen LogP contribution >= 0.6 is 0 Å². The average Bonchev–Trinajstić information content (AvgIpc) is 2.24. The minimum atomic E-state index is -0.879. The summed E-state index contributed by atoms with van der Waals surface area (Å²) in [6.07, 6.45) is 5.74. The van der Waals surface area contributed by atoms with Gasteiger partial charge >= 0.3 is 0 Å². The summed E-state index contributed by atoms with van der Waals surface area (Å²) in [5.41, 5.74) is -1.57. The molecule has 4 nitrogen and oxygen atoms in total. The lowest BCUT2D eigenvalue weighted by Gasteiger charge is -2.37. The Morgan fingerprint density at radius 2 is 1.83 bits per heavy atom. The Bertz CT molecular complexity index is 268. The van der Waals surface area contributed by atoms with Crippen molar-refractivity contribution >= 4 is 5.91 Å². The van der Waals surface area contributed by atoms with E-state index in [1.807, 2.05) is 13.8 Å². The lowest BCUT2D eigenvalue weighted by Crippen LogP contribution is -2.49. The molecule has 0 saturated heterocycles. The third-order valence-corrected chi connectivity index (χ3v) is 3.82. The van der Waals surface area contributed by atoms with Crippen molar-refractivity contribution in [2.75, 3.05) is 6.54 Å². The molecule has 18 heavy (non-hydrogen) atoms. The summed E-state index contributed by atoms with van der Waals surface area (Å²) < 4.78 is 0. The first-order valence-electron chi connectivity index (χ1n) is 7.14. The van der Waals surface area contributed by atoms with Crippen molar-refractivity contribution in [3.8, 4) is 0 Å². The van der Waals surface area contributed by atoms with E-state index >= 15 is 0 Å². The number of hydrogen-bond donors (Lipinski definition) is 3. The van der Waals surface area contributed by atoms with Crippen LogP contribution < -0.4 is 5.32 Å².